The van der Waals surface area contributed by atoms with E-state index in [1.54, 1.807) is 0 Å². The monoisotopic (exact) mass is 192 g/mol. The highest BCUT2D eigenvalue weighted by atomic mass is 16.8. The topological polar surface area (TPSA) is 91.7 Å². The van der Waals surface area contributed by atoms with Crippen LogP contribution in [0, 0.1) is 0 Å². The van der Waals surface area contributed by atoms with Crippen LogP contribution < -0.4 is 0 Å². The second-order valence-electron chi connectivity index (χ2n) is 3.25. The Morgan fingerprint density at radius 3 is 2.38 bits per heavy atom. The van der Waals surface area contributed by atoms with E-state index in [1.165, 1.54) is 7.11 Å². The average molecular weight is 192 g/mol. The highest BCUT2D eigenvalue weighted by Crippen LogP contribution is 2.40. The summed E-state index contributed by atoms with van der Waals surface area (Å²) in [5.41, 5.74) is 0. The Balaban J connectivity index is 2.13. The van der Waals surface area contributed by atoms with Crippen molar-refractivity contribution in [2.75, 3.05) is 13.7 Å². The molecule has 2 aliphatic rings. The number of hydrogen-bond donors (Lipinski definition) is 3. The van der Waals surface area contributed by atoms with Gasteiger partial charge in [-0.2, -0.15) is 0 Å². The van der Waals surface area contributed by atoms with Crippen molar-refractivity contribution in [2.45, 2.75) is 30.4 Å². The fourth-order valence-electron chi connectivity index (χ4n) is 1.44. The molecule has 0 aromatic carbocycles. The highest BCUT2D eigenvalue weighted by Gasteiger charge is 2.62. The van der Waals surface area contributed by atoms with Crippen molar-refractivity contribution < 1.29 is 29.5 Å². The molecular weight excluding hydrogens is 180 g/mol. The van der Waals surface area contributed by atoms with Gasteiger partial charge in [-0.25, -0.2) is 0 Å². The number of hydrogen-bond acceptors (Lipinski definition) is 6. The Morgan fingerprint density at radius 1 is 1.31 bits per heavy atom. The summed E-state index contributed by atoms with van der Waals surface area (Å²) in [4.78, 5) is 0. The summed E-state index contributed by atoms with van der Waals surface area (Å²) in [6.07, 6.45) is -4.74. The van der Waals surface area contributed by atoms with Crippen LogP contribution in [0.2, 0.25) is 0 Å². The third-order valence-electron chi connectivity index (χ3n) is 2.38. The zero-order chi connectivity index (χ0) is 9.64. The number of aliphatic hydroxyl groups is 3. The van der Waals surface area contributed by atoms with Crippen LogP contribution in [0.15, 0.2) is 0 Å². The molecule has 2 aliphatic heterocycles. The minimum atomic E-state index is -1.30. The third kappa shape index (κ3) is 1.26. The number of epoxide rings is 1. The van der Waals surface area contributed by atoms with Gasteiger partial charge in [0.1, 0.15) is 24.9 Å². The van der Waals surface area contributed by atoms with Crippen molar-refractivity contribution in [3.8, 4) is 0 Å². The van der Waals surface area contributed by atoms with Gasteiger partial charge in [0.2, 0.25) is 5.79 Å². The van der Waals surface area contributed by atoms with Crippen LogP contribution in [-0.4, -0.2) is 59.4 Å². The van der Waals surface area contributed by atoms with Crippen molar-refractivity contribution in [2.24, 2.45) is 0 Å². The quantitative estimate of drug-likeness (QED) is 0.408. The highest BCUT2D eigenvalue weighted by molar-refractivity contribution is 5.00. The van der Waals surface area contributed by atoms with Crippen LogP contribution >= 0.6 is 0 Å². The van der Waals surface area contributed by atoms with Crippen molar-refractivity contribution in [1.82, 2.24) is 0 Å². The molecule has 0 amide bonds. The van der Waals surface area contributed by atoms with E-state index in [4.69, 9.17) is 14.2 Å². The van der Waals surface area contributed by atoms with Crippen molar-refractivity contribution in [1.29, 1.82) is 0 Å². The summed E-state index contributed by atoms with van der Waals surface area (Å²) in [7, 11) is 1.34. The first kappa shape index (κ1) is 9.32. The lowest BCUT2D eigenvalue weighted by Gasteiger charge is -2.38. The van der Waals surface area contributed by atoms with E-state index in [9.17, 15) is 15.3 Å². The Morgan fingerprint density at radius 2 is 1.92 bits per heavy atom. The van der Waals surface area contributed by atoms with E-state index in [1.807, 2.05) is 0 Å². The third-order valence-corrected chi connectivity index (χ3v) is 2.38. The first-order chi connectivity index (χ1) is 6.10. The number of aliphatic hydroxyl groups excluding tert-OH is 3. The van der Waals surface area contributed by atoms with Gasteiger partial charge in [0, 0.05) is 7.11 Å². The van der Waals surface area contributed by atoms with E-state index in [0.717, 1.165) is 0 Å². The molecule has 0 bridgehead atoms. The molecule has 2 heterocycles. The van der Waals surface area contributed by atoms with Gasteiger partial charge in [-0.15, -0.1) is 0 Å². The van der Waals surface area contributed by atoms with Crippen LogP contribution in [0.3, 0.4) is 0 Å². The fourth-order valence-corrected chi connectivity index (χ4v) is 1.44. The average Bonchev–Trinajstić information content (AvgIpc) is 2.90. The predicted octanol–water partition coefficient (Wildman–Crippen LogP) is -2.20. The molecule has 3 N–H and O–H groups in total. The van der Waals surface area contributed by atoms with E-state index in [2.05, 4.69) is 0 Å². The van der Waals surface area contributed by atoms with Crippen molar-refractivity contribution >= 4 is 0 Å². The first-order valence-electron chi connectivity index (χ1n) is 3.99. The zero-order valence-electron chi connectivity index (χ0n) is 7.08. The van der Waals surface area contributed by atoms with Gasteiger partial charge >= 0.3 is 0 Å². The molecule has 2 rings (SSSR count). The number of methoxy groups -OCH3 is 1. The van der Waals surface area contributed by atoms with E-state index in [-0.39, 0.29) is 6.61 Å². The molecule has 0 aromatic heterocycles. The Kier molecular flexibility index (Phi) is 2.06. The molecule has 0 aromatic rings. The Bertz CT molecular complexity index is 201. The maximum Gasteiger partial charge on any atom is 0.224 e. The number of rotatable bonds is 1. The standard InChI is InChI=1S/C7H12O6/c1-11-6-4(9)3(8)5(10)7(13-6)2-12-7/h3-6,8-10H,2H2,1H3/t3-,4-,5+,6+,7-/m1/s1. The van der Waals surface area contributed by atoms with Crippen LogP contribution in [0.25, 0.3) is 0 Å². The van der Waals surface area contributed by atoms with Gasteiger partial charge in [-0.05, 0) is 0 Å². The summed E-state index contributed by atoms with van der Waals surface area (Å²) >= 11 is 0. The van der Waals surface area contributed by atoms with E-state index < -0.39 is 30.4 Å². The van der Waals surface area contributed by atoms with E-state index >= 15 is 0 Å². The molecule has 5 atom stereocenters. The molecule has 1 spiro atoms. The van der Waals surface area contributed by atoms with Crippen LogP contribution in [0.1, 0.15) is 0 Å². The molecule has 2 saturated heterocycles. The summed E-state index contributed by atoms with van der Waals surface area (Å²) in [6.45, 7) is 0.206. The van der Waals surface area contributed by atoms with Gasteiger partial charge in [0.05, 0.1) is 0 Å². The molecule has 2 fully saturated rings. The zero-order valence-corrected chi connectivity index (χ0v) is 7.08. The van der Waals surface area contributed by atoms with Gasteiger partial charge in [0.25, 0.3) is 0 Å². The van der Waals surface area contributed by atoms with E-state index in [0.29, 0.717) is 0 Å². The minimum Gasteiger partial charge on any atom is -0.387 e. The molecule has 76 valence electrons. The minimum absolute atomic E-state index is 0.206. The van der Waals surface area contributed by atoms with Crippen molar-refractivity contribution in [3.05, 3.63) is 0 Å². The second-order valence-corrected chi connectivity index (χ2v) is 3.25. The van der Waals surface area contributed by atoms with Crippen LogP contribution in [0.5, 0.6) is 0 Å². The van der Waals surface area contributed by atoms with Gasteiger partial charge in [-0.3, -0.25) is 0 Å². The van der Waals surface area contributed by atoms with Gasteiger partial charge in [-0.1, -0.05) is 0 Å². The molecular formula is C7H12O6. The van der Waals surface area contributed by atoms with Crippen LogP contribution in [0.4, 0.5) is 0 Å². The molecule has 13 heavy (non-hydrogen) atoms. The number of ether oxygens (including phenoxy) is 3. The Hall–Kier alpha value is -0.240. The molecule has 0 unspecified atom stereocenters. The smallest absolute Gasteiger partial charge is 0.224 e. The summed E-state index contributed by atoms with van der Waals surface area (Å²) < 4.78 is 14.8. The largest absolute Gasteiger partial charge is 0.387 e. The summed E-state index contributed by atoms with van der Waals surface area (Å²) in [5.74, 6) is -1.17. The molecule has 6 heteroatoms. The lowest BCUT2D eigenvalue weighted by molar-refractivity contribution is -0.321. The summed E-state index contributed by atoms with van der Waals surface area (Å²) in [5, 5.41) is 28.2. The maximum atomic E-state index is 9.44. The lowest BCUT2D eigenvalue weighted by atomic mass is 9.99. The first-order valence-corrected chi connectivity index (χ1v) is 3.99. The van der Waals surface area contributed by atoms with Crippen molar-refractivity contribution in [3.63, 3.8) is 0 Å². The summed E-state index contributed by atoms with van der Waals surface area (Å²) in [6, 6.07) is 0. The molecule has 6 nitrogen and oxygen atoms in total. The predicted molar refractivity (Wildman–Crippen MR) is 38.6 cm³/mol. The van der Waals surface area contributed by atoms with Gasteiger partial charge < -0.3 is 29.5 Å². The molecule has 0 aliphatic carbocycles. The lowest BCUT2D eigenvalue weighted by Crippen LogP contribution is -2.59. The fraction of sp³-hybridized carbons (Fsp3) is 1.00. The normalized spacial score (nSPS) is 55.4. The SMILES string of the molecule is CO[C@H]1O[C@]2(CO2)[C@@H](O)[C@H](O)[C@H]1O. The van der Waals surface area contributed by atoms with Gasteiger partial charge in [0.15, 0.2) is 6.29 Å². The molecule has 0 radical (unpaired) electrons. The molecule has 0 saturated carbocycles. The maximum absolute atomic E-state index is 9.44. The Labute approximate surface area is 74.6 Å². The second kappa shape index (κ2) is 2.88. The van der Waals surface area contributed by atoms with Crippen LogP contribution in [-0.2, 0) is 14.2 Å².